The van der Waals surface area contributed by atoms with Crippen LogP contribution in [0.1, 0.15) is 23.5 Å². The zero-order valence-corrected chi connectivity index (χ0v) is 12.3. The number of halogens is 2. The Morgan fingerprint density at radius 1 is 1.50 bits per heavy atom. The Morgan fingerprint density at radius 3 is 2.45 bits per heavy atom. The van der Waals surface area contributed by atoms with Crippen molar-refractivity contribution in [3.8, 4) is 0 Å². The minimum absolute atomic E-state index is 0.123. The molecule has 1 aliphatic carbocycles. The van der Waals surface area contributed by atoms with E-state index in [0.717, 1.165) is 17.4 Å². The molecule has 5 nitrogen and oxygen atoms in total. The van der Waals surface area contributed by atoms with Gasteiger partial charge in [-0.1, -0.05) is 13.8 Å². The van der Waals surface area contributed by atoms with Crippen molar-refractivity contribution in [2.45, 2.75) is 24.7 Å². The van der Waals surface area contributed by atoms with Crippen molar-refractivity contribution in [1.29, 1.82) is 0 Å². The summed E-state index contributed by atoms with van der Waals surface area (Å²) in [4.78, 5) is 10.3. The molecule has 1 aliphatic rings. The van der Waals surface area contributed by atoms with E-state index in [1.165, 1.54) is 19.2 Å². The molecular formula is C11H13F2NO4S2. The van der Waals surface area contributed by atoms with Crippen molar-refractivity contribution in [1.82, 2.24) is 4.72 Å². The summed E-state index contributed by atoms with van der Waals surface area (Å²) in [6.45, 7) is 2.37. The van der Waals surface area contributed by atoms with Crippen molar-refractivity contribution in [3.05, 3.63) is 16.3 Å². The summed E-state index contributed by atoms with van der Waals surface area (Å²) in [5.41, 5.74) is -1.23. The first-order valence-corrected chi connectivity index (χ1v) is 8.06. The van der Waals surface area contributed by atoms with Gasteiger partial charge in [0, 0.05) is 23.3 Å². The van der Waals surface area contributed by atoms with Gasteiger partial charge in [-0.05, 0) is 6.07 Å². The summed E-state index contributed by atoms with van der Waals surface area (Å²) in [6, 6.07) is 1.01. The number of hydrogen-bond acceptors (Lipinski definition) is 4. The molecule has 0 amide bonds. The van der Waals surface area contributed by atoms with Gasteiger partial charge in [-0.15, -0.1) is 11.3 Å². The quantitative estimate of drug-likeness (QED) is 0.867. The van der Waals surface area contributed by atoms with E-state index in [4.69, 9.17) is 5.11 Å². The van der Waals surface area contributed by atoms with Crippen LogP contribution in [0.4, 0.5) is 8.78 Å². The summed E-state index contributed by atoms with van der Waals surface area (Å²) in [6.07, 6.45) is 0. The van der Waals surface area contributed by atoms with Gasteiger partial charge in [-0.25, -0.2) is 26.7 Å². The third-order valence-electron chi connectivity index (χ3n) is 3.66. The van der Waals surface area contributed by atoms with Crippen LogP contribution in [0, 0.1) is 11.3 Å². The highest BCUT2D eigenvalue weighted by molar-refractivity contribution is 7.89. The van der Waals surface area contributed by atoms with E-state index in [2.05, 4.69) is 4.72 Å². The third kappa shape index (κ3) is 2.33. The van der Waals surface area contributed by atoms with Gasteiger partial charge in [0.05, 0.1) is 4.90 Å². The minimum Gasteiger partial charge on any atom is -0.477 e. The first-order chi connectivity index (χ1) is 9.00. The highest BCUT2D eigenvalue weighted by Gasteiger charge is 2.74. The standard InChI is InChI=1S/C11H13F2NO4S2/c1-10(2)8(11(10,12)13)4-14-20(17,18)6-3-7(9(15)16)19-5-6/h3,5,8,14H,4H2,1-2H3,(H,15,16). The van der Waals surface area contributed by atoms with Gasteiger partial charge in [0.1, 0.15) is 4.88 Å². The average Bonchev–Trinajstić information content (AvgIpc) is 2.73. The Balaban J connectivity index is 2.07. The van der Waals surface area contributed by atoms with E-state index in [9.17, 15) is 22.0 Å². The van der Waals surface area contributed by atoms with Gasteiger partial charge in [0.15, 0.2) is 0 Å². The molecule has 0 spiro atoms. The predicted octanol–water partition coefficient (Wildman–Crippen LogP) is 2.02. The lowest BCUT2D eigenvalue weighted by atomic mass is 10.1. The Morgan fingerprint density at radius 2 is 2.05 bits per heavy atom. The van der Waals surface area contributed by atoms with Crippen LogP contribution in [-0.4, -0.2) is 32.0 Å². The molecule has 1 fully saturated rings. The number of nitrogens with one attached hydrogen (secondary N) is 1. The maximum Gasteiger partial charge on any atom is 0.345 e. The zero-order chi connectivity index (χ0) is 15.3. The van der Waals surface area contributed by atoms with Crippen molar-refractivity contribution in [2.24, 2.45) is 11.3 Å². The molecule has 0 aromatic carbocycles. The SMILES string of the molecule is CC1(C)C(CNS(=O)(=O)c2csc(C(=O)O)c2)C1(F)F. The molecule has 0 radical (unpaired) electrons. The molecule has 0 aliphatic heterocycles. The van der Waals surface area contributed by atoms with Gasteiger partial charge < -0.3 is 5.11 Å². The number of carbonyl (C=O) groups is 1. The molecular weight excluding hydrogens is 312 g/mol. The first-order valence-electron chi connectivity index (χ1n) is 5.69. The number of carboxylic acids is 1. The molecule has 1 aromatic heterocycles. The van der Waals surface area contributed by atoms with Crippen molar-refractivity contribution >= 4 is 27.3 Å². The fourth-order valence-corrected chi connectivity index (χ4v) is 4.15. The van der Waals surface area contributed by atoms with Gasteiger partial charge in [0.25, 0.3) is 5.92 Å². The lowest BCUT2D eigenvalue weighted by Crippen LogP contribution is -2.27. The summed E-state index contributed by atoms with van der Waals surface area (Å²) >= 11 is 0.767. The van der Waals surface area contributed by atoms with E-state index in [-0.39, 0.29) is 16.3 Å². The normalized spacial score (nSPS) is 23.5. The van der Waals surface area contributed by atoms with Crippen LogP contribution in [0.5, 0.6) is 0 Å². The van der Waals surface area contributed by atoms with Crippen molar-refractivity contribution in [2.75, 3.05) is 6.54 Å². The second kappa shape index (κ2) is 4.47. The van der Waals surface area contributed by atoms with Crippen LogP contribution in [0.2, 0.25) is 0 Å². The molecule has 20 heavy (non-hydrogen) atoms. The fourth-order valence-electron chi connectivity index (χ4n) is 1.99. The van der Waals surface area contributed by atoms with E-state index in [1.54, 1.807) is 0 Å². The summed E-state index contributed by atoms with van der Waals surface area (Å²) in [5.74, 6) is -5.18. The van der Waals surface area contributed by atoms with Crippen LogP contribution >= 0.6 is 11.3 Å². The minimum atomic E-state index is -3.96. The second-order valence-corrected chi connectivity index (χ2v) is 7.88. The number of sulfonamides is 1. The number of hydrogen-bond donors (Lipinski definition) is 2. The molecule has 1 saturated carbocycles. The summed E-state index contributed by atoms with van der Waals surface area (Å²) in [5, 5.41) is 9.89. The van der Waals surface area contributed by atoms with Gasteiger partial charge >= 0.3 is 5.97 Å². The van der Waals surface area contributed by atoms with E-state index in [0.29, 0.717) is 0 Å². The van der Waals surface area contributed by atoms with Crippen molar-refractivity contribution in [3.63, 3.8) is 0 Å². The van der Waals surface area contributed by atoms with Gasteiger partial charge in [-0.3, -0.25) is 0 Å². The molecule has 112 valence electrons. The molecule has 1 unspecified atom stereocenters. The second-order valence-electron chi connectivity index (χ2n) is 5.20. The van der Waals surface area contributed by atoms with Crippen molar-refractivity contribution < 1.29 is 27.1 Å². The highest BCUT2D eigenvalue weighted by Crippen LogP contribution is 2.65. The van der Waals surface area contributed by atoms with E-state index >= 15 is 0 Å². The van der Waals surface area contributed by atoms with E-state index < -0.39 is 33.2 Å². The number of alkyl halides is 2. The molecule has 0 saturated heterocycles. The fraction of sp³-hybridized carbons (Fsp3) is 0.545. The molecule has 1 aromatic rings. The van der Waals surface area contributed by atoms with Crippen LogP contribution in [0.15, 0.2) is 16.3 Å². The maximum absolute atomic E-state index is 13.4. The van der Waals surface area contributed by atoms with Crippen LogP contribution in [0.3, 0.4) is 0 Å². The van der Waals surface area contributed by atoms with Gasteiger partial charge in [0.2, 0.25) is 10.0 Å². The number of carboxylic acid groups (broad SMARTS) is 1. The Labute approximate surface area is 118 Å². The molecule has 2 rings (SSSR count). The topological polar surface area (TPSA) is 83.5 Å². The number of rotatable bonds is 5. The summed E-state index contributed by atoms with van der Waals surface area (Å²) < 4.78 is 52.6. The Hall–Kier alpha value is -1.06. The Bertz CT molecular complexity index is 637. The third-order valence-corrected chi connectivity index (χ3v) is 6.13. The molecule has 2 N–H and O–H groups in total. The Kier molecular flexibility index (Phi) is 3.43. The molecule has 1 heterocycles. The highest BCUT2D eigenvalue weighted by atomic mass is 32.2. The van der Waals surface area contributed by atoms with Crippen LogP contribution in [0.25, 0.3) is 0 Å². The zero-order valence-electron chi connectivity index (χ0n) is 10.7. The van der Waals surface area contributed by atoms with Crippen LogP contribution < -0.4 is 4.72 Å². The largest absolute Gasteiger partial charge is 0.477 e. The molecule has 9 heteroatoms. The average molecular weight is 325 g/mol. The lowest BCUT2D eigenvalue weighted by Gasteiger charge is -2.04. The predicted molar refractivity (Wildman–Crippen MR) is 68.7 cm³/mol. The summed E-state index contributed by atoms with van der Waals surface area (Å²) in [7, 11) is -3.96. The molecule has 1 atom stereocenters. The number of aromatic carboxylic acids is 1. The smallest absolute Gasteiger partial charge is 0.345 e. The van der Waals surface area contributed by atoms with Crippen LogP contribution in [-0.2, 0) is 10.0 Å². The van der Waals surface area contributed by atoms with E-state index in [1.807, 2.05) is 0 Å². The van der Waals surface area contributed by atoms with Gasteiger partial charge in [-0.2, -0.15) is 0 Å². The first kappa shape index (κ1) is 15.3. The number of thiophene rings is 1. The monoisotopic (exact) mass is 325 g/mol. The molecule has 0 bridgehead atoms. The lowest BCUT2D eigenvalue weighted by molar-refractivity contribution is 0.0670. The maximum atomic E-state index is 13.4.